The van der Waals surface area contributed by atoms with Crippen molar-refractivity contribution >= 4 is 62.3 Å². The number of rotatable bonds is 8. The van der Waals surface area contributed by atoms with Crippen LogP contribution in [0.2, 0.25) is 0 Å². The van der Waals surface area contributed by atoms with E-state index in [0.29, 0.717) is 29.6 Å². The van der Waals surface area contributed by atoms with E-state index in [0.717, 1.165) is 42.8 Å². The largest absolute Gasteiger partial charge is 0.490 e. The van der Waals surface area contributed by atoms with Gasteiger partial charge < -0.3 is 9.47 Å². The predicted molar refractivity (Wildman–Crippen MR) is 157 cm³/mol. The van der Waals surface area contributed by atoms with Crippen molar-refractivity contribution in [3.05, 3.63) is 110 Å². The van der Waals surface area contributed by atoms with E-state index in [9.17, 15) is 9.59 Å². The number of carbonyl (C=O) groups is 2. The molecule has 0 aromatic heterocycles. The van der Waals surface area contributed by atoms with Crippen molar-refractivity contribution in [3.8, 4) is 11.5 Å². The molecule has 5 nitrogen and oxygen atoms in total. The molecule has 1 heterocycles. The lowest BCUT2D eigenvalue weighted by atomic mass is 10.1. The molecule has 0 spiro atoms. The Morgan fingerprint density at radius 3 is 2.41 bits per heavy atom. The van der Waals surface area contributed by atoms with E-state index in [1.54, 1.807) is 6.08 Å². The quantitative estimate of drug-likeness (QED) is 0.149. The highest BCUT2D eigenvalue weighted by Crippen LogP contribution is 2.38. The van der Waals surface area contributed by atoms with Crippen molar-refractivity contribution in [1.82, 2.24) is 4.90 Å². The van der Waals surface area contributed by atoms with Crippen molar-refractivity contribution in [3.63, 3.8) is 0 Å². The van der Waals surface area contributed by atoms with Crippen LogP contribution in [0.1, 0.15) is 23.6 Å². The molecule has 7 heteroatoms. The molecule has 5 rings (SSSR count). The lowest BCUT2D eigenvalue weighted by molar-refractivity contribution is -0.123. The third-order valence-corrected chi connectivity index (χ3v) is 7.59. The summed E-state index contributed by atoms with van der Waals surface area (Å²) in [5.74, 6) is 0.973. The molecule has 0 aliphatic carbocycles. The zero-order valence-corrected chi connectivity index (χ0v) is 23.1. The van der Waals surface area contributed by atoms with Crippen LogP contribution in [0.5, 0.6) is 11.5 Å². The molecule has 0 bridgehead atoms. The van der Waals surface area contributed by atoms with Gasteiger partial charge in [-0.2, -0.15) is 0 Å². The van der Waals surface area contributed by atoms with Gasteiger partial charge in [0.1, 0.15) is 6.61 Å². The zero-order valence-electron chi connectivity index (χ0n) is 20.1. The Bertz CT molecular complexity index is 1500. The smallest absolute Gasteiger partial charge is 0.293 e. The summed E-state index contributed by atoms with van der Waals surface area (Å²) in [6, 6.07) is 27.7. The first kappa shape index (κ1) is 25.4. The Balaban J connectivity index is 1.36. The van der Waals surface area contributed by atoms with Crippen LogP contribution in [0.15, 0.2) is 89.8 Å². The van der Waals surface area contributed by atoms with E-state index in [1.165, 1.54) is 4.90 Å². The minimum Gasteiger partial charge on any atom is -0.490 e. The van der Waals surface area contributed by atoms with E-state index in [-0.39, 0.29) is 17.7 Å². The van der Waals surface area contributed by atoms with E-state index in [1.807, 2.05) is 91.9 Å². The van der Waals surface area contributed by atoms with E-state index < -0.39 is 0 Å². The second-order valence-electron chi connectivity index (χ2n) is 8.49. The molecule has 0 N–H and O–H groups in total. The first-order valence-corrected chi connectivity index (χ1v) is 13.8. The minimum atomic E-state index is -0.291. The van der Waals surface area contributed by atoms with Crippen LogP contribution < -0.4 is 9.47 Å². The first-order valence-electron chi connectivity index (χ1n) is 11.9. The second-order valence-corrected chi connectivity index (χ2v) is 10.6. The number of ether oxygens (including phenoxy) is 2. The van der Waals surface area contributed by atoms with Crippen molar-refractivity contribution in [2.45, 2.75) is 20.1 Å². The molecule has 37 heavy (non-hydrogen) atoms. The molecule has 0 unspecified atom stereocenters. The summed E-state index contributed by atoms with van der Waals surface area (Å²) in [6.07, 6.45) is 1.75. The molecule has 1 saturated heterocycles. The average molecular weight is 621 g/mol. The third-order valence-electron chi connectivity index (χ3n) is 5.88. The standard InChI is InChI=1S/C30H24INO4S/c1-2-35-26-16-22(15-25(31)28(26)36-19-20-8-4-3-5-9-20)17-27-29(33)32(30(34)37-27)18-21-12-13-23-10-6-7-11-24(23)14-21/h3-17H,2,18-19H2,1H3/b27-17-. The van der Waals surface area contributed by atoms with E-state index >= 15 is 0 Å². The number of amides is 2. The van der Waals surface area contributed by atoms with Gasteiger partial charge >= 0.3 is 0 Å². The van der Waals surface area contributed by atoms with Crippen LogP contribution >= 0.6 is 34.4 Å². The fourth-order valence-electron chi connectivity index (χ4n) is 4.11. The van der Waals surface area contributed by atoms with Crippen LogP contribution in [0, 0.1) is 3.57 Å². The molecule has 1 aliphatic heterocycles. The van der Waals surface area contributed by atoms with Crippen LogP contribution in [-0.4, -0.2) is 22.7 Å². The molecule has 4 aromatic rings. The van der Waals surface area contributed by atoms with Crippen LogP contribution in [-0.2, 0) is 17.9 Å². The highest BCUT2D eigenvalue weighted by molar-refractivity contribution is 14.1. The number of benzene rings is 4. The van der Waals surface area contributed by atoms with Gasteiger partial charge in [0.2, 0.25) is 0 Å². The second kappa shape index (κ2) is 11.4. The van der Waals surface area contributed by atoms with Crippen molar-refractivity contribution < 1.29 is 19.1 Å². The Kier molecular flexibility index (Phi) is 7.81. The summed E-state index contributed by atoms with van der Waals surface area (Å²) in [5, 5.41) is 1.93. The van der Waals surface area contributed by atoms with Gasteiger partial charge in [0.05, 0.1) is 21.6 Å². The lowest BCUT2D eigenvalue weighted by Gasteiger charge is -2.15. The Morgan fingerprint density at radius 1 is 0.865 bits per heavy atom. The molecule has 2 amide bonds. The van der Waals surface area contributed by atoms with Crippen LogP contribution in [0.4, 0.5) is 4.79 Å². The maximum atomic E-state index is 13.2. The maximum absolute atomic E-state index is 13.2. The lowest BCUT2D eigenvalue weighted by Crippen LogP contribution is -2.27. The normalized spacial score (nSPS) is 14.5. The van der Waals surface area contributed by atoms with E-state index in [2.05, 4.69) is 22.6 Å². The predicted octanol–water partition coefficient (Wildman–Crippen LogP) is 7.66. The number of fused-ring (bicyclic) bond motifs is 1. The summed E-state index contributed by atoms with van der Waals surface area (Å²) in [4.78, 5) is 27.6. The average Bonchev–Trinajstić information content (AvgIpc) is 3.16. The van der Waals surface area contributed by atoms with Gasteiger partial charge in [-0.15, -0.1) is 0 Å². The fraction of sp³-hybridized carbons (Fsp3) is 0.133. The van der Waals surface area contributed by atoms with Gasteiger partial charge in [0, 0.05) is 0 Å². The van der Waals surface area contributed by atoms with Gasteiger partial charge in [-0.3, -0.25) is 14.5 Å². The van der Waals surface area contributed by atoms with Crippen molar-refractivity contribution in [2.24, 2.45) is 0 Å². The third kappa shape index (κ3) is 5.83. The van der Waals surface area contributed by atoms with Gasteiger partial charge in [-0.25, -0.2) is 0 Å². The zero-order chi connectivity index (χ0) is 25.8. The van der Waals surface area contributed by atoms with Gasteiger partial charge in [-0.05, 0) is 93.0 Å². The van der Waals surface area contributed by atoms with E-state index in [4.69, 9.17) is 9.47 Å². The summed E-state index contributed by atoms with van der Waals surface area (Å²) >= 11 is 3.17. The summed E-state index contributed by atoms with van der Waals surface area (Å²) in [5.41, 5.74) is 2.75. The number of imide groups is 1. The monoisotopic (exact) mass is 621 g/mol. The number of hydrogen-bond donors (Lipinski definition) is 0. The molecule has 1 fully saturated rings. The molecule has 0 radical (unpaired) electrons. The summed E-state index contributed by atoms with van der Waals surface area (Å²) in [7, 11) is 0. The summed E-state index contributed by atoms with van der Waals surface area (Å²) in [6.45, 7) is 3.05. The molecule has 1 aliphatic rings. The molecule has 186 valence electrons. The highest BCUT2D eigenvalue weighted by Gasteiger charge is 2.35. The molecular formula is C30H24INO4S. The molecule has 0 saturated carbocycles. The SMILES string of the molecule is CCOc1cc(/C=C2\SC(=O)N(Cc3ccc4ccccc4c3)C2=O)cc(I)c1OCc1ccccc1. The van der Waals surface area contributed by atoms with Crippen molar-refractivity contribution in [1.29, 1.82) is 0 Å². The molecular weight excluding hydrogens is 597 g/mol. The molecule has 0 atom stereocenters. The van der Waals surface area contributed by atoms with Gasteiger partial charge in [0.25, 0.3) is 11.1 Å². The Morgan fingerprint density at radius 2 is 1.62 bits per heavy atom. The number of hydrogen-bond acceptors (Lipinski definition) is 5. The number of nitrogens with zero attached hydrogens (tertiary/aromatic N) is 1. The van der Waals surface area contributed by atoms with Crippen LogP contribution in [0.25, 0.3) is 16.8 Å². The Hall–Kier alpha value is -3.30. The van der Waals surface area contributed by atoms with Gasteiger partial charge in [0.15, 0.2) is 11.5 Å². The summed E-state index contributed by atoms with van der Waals surface area (Å²) < 4.78 is 12.8. The topological polar surface area (TPSA) is 55.8 Å². The first-order chi connectivity index (χ1) is 18.0. The number of halogens is 1. The van der Waals surface area contributed by atoms with Crippen molar-refractivity contribution in [2.75, 3.05) is 6.61 Å². The Labute approximate surface area is 233 Å². The fourth-order valence-corrected chi connectivity index (χ4v) is 5.73. The van der Waals surface area contributed by atoms with Gasteiger partial charge in [-0.1, -0.05) is 66.7 Å². The number of thioether (sulfide) groups is 1. The minimum absolute atomic E-state index is 0.237. The highest BCUT2D eigenvalue weighted by atomic mass is 127. The maximum Gasteiger partial charge on any atom is 0.293 e. The van der Waals surface area contributed by atoms with Crippen LogP contribution in [0.3, 0.4) is 0 Å². The molecule has 4 aromatic carbocycles. The number of carbonyl (C=O) groups excluding carboxylic acids is 2.